The molecule has 0 spiro atoms. The Hall–Kier alpha value is -3.19. The van der Waals surface area contributed by atoms with Gasteiger partial charge in [-0.25, -0.2) is 9.07 Å². The average molecular weight is 395 g/mol. The van der Waals surface area contributed by atoms with Crippen molar-refractivity contribution in [2.45, 2.75) is 19.3 Å². The Bertz CT molecular complexity index is 997. The van der Waals surface area contributed by atoms with Crippen LogP contribution < -0.4 is 10.1 Å². The number of aromatic nitrogens is 2. The number of nitrogens with one attached hydrogen (secondary N) is 1. The maximum atomic E-state index is 13.3. The lowest BCUT2D eigenvalue weighted by atomic mass is 10.2. The van der Waals surface area contributed by atoms with E-state index in [0.717, 1.165) is 36.2 Å². The van der Waals surface area contributed by atoms with Crippen LogP contribution in [0.2, 0.25) is 0 Å². The molecule has 0 atom stereocenters. The van der Waals surface area contributed by atoms with Gasteiger partial charge in [-0.2, -0.15) is 5.10 Å². The molecule has 0 bridgehead atoms. The van der Waals surface area contributed by atoms with Crippen LogP contribution in [0.3, 0.4) is 0 Å². The molecule has 3 aromatic rings. The van der Waals surface area contributed by atoms with Gasteiger partial charge in [-0.15, -0.1) is 0 Å². The number of amides is 1. The molecule has 1 aromatic heterocycles. The molecule has 1 N–H and O–H groups in total. The Morgan fingerprint density at radius 3 is 2.59 bits per heavy atom. The topological polar surface area (TPSA) is 65.4 Å². The molecule has 1 aliphatic carbocycles. The summed E-state index contributed by atoms with van der Waals surface area (Å²) in [5, 5.41) is 7.44. The van der Waals surface area contributed by atoms with E-state index in [1.807, 2.05) is 0 Å². The number of halogens is 1. The van der Waals surface area contributed by atoms with Gasteiger partial charge in [-0.3, -0.25) is 4.79 Å². The third-order valence-corrected chi connectivity index (χ3v) is 4.88. The minimum atomic E-state index is -0.301. The number of ether oxygens (including phenoxy) is 2. The molecular weight excluding hydrogens is 373 g/mol. The second-order valence-electron chi connectivity index (χ2n) is 6.84. The standard InChI is InChI=1S/C22H22FN3O3/c1-28-13-14-29-18-11-7-16(8-12-18)24-22(27)21-19-3-2-4-20(19)26(25-21)17-9-5-15(23)6-10-17/h5-12H,2-4,13-14H2,1H3,(H,24,27). The smallest absolute Gasteiger partial charge is 0.276 e. The van der Waals surface area contributed by atoms with Gasteiger partial charge in [0.2, 0.25) is 0 Å². The summed E-state index contributed by atoms with van der Waals surface area (Å²) in [5.41, 5.74) is 3.82. The van der Waals surface area contributed by atoms with E-state index in [4.69, 9.17) is 9.47 Å². The summed E-state index contributed by atoms with van der Waals surface area (Å²) in [6.07, 6.45) is 2.63. The molecule has 1 aliphatic rings. The highest BCUT2D eigenvalue weighted by molar-refractivity contribution is 6.04. The fraction of sp³-hybridized carbons (Fsp3) is 0.273. The molecule has 0 radical (unpaired) electrons. The van der Waals surface area contributed by atoms with Crippen LogP contribution in [0.1, 0.15) is 28.2 Å². The Balaban J connectivity index is 1.52. The summed E-state index contributed by atoms with van der Waals surface area (Å²) in [6.45, 7) is 0.982. The number of benzene rings is 2. The second kappa shape index (κ2) is 8.45. The fourth-order valence-electron chi connectivity index (χ4n) is 3.48. The summed E-state index contributed by atoms with van der Waals surface area (Å²) in [7, 11) is 1.62. The lowest BCUT2D eigenvalue weighted by Gasteiger charge is -2.08. The fourth-order valence-corrected chi connectivity index (χ4v) is 3.48. The van der Waals surface area contributed by atoms with Crippen molar-refractivity contribution in [1.82, 2.24) is 9.78 Å². The summed E-state index contributed by atoms with van der Waals surface area (Å²) in [4.78, 5) is 12.9. The van der Waals surface area contributed by atoms with Gasteiger partial charge in [0.05, 0.1) is 12.3 Å². The first-order chi connectivity index (χ1) is 14.2. The number of anilines is 1. The number of rotatable bonds is 7. The molecule has 6 nitrogen and oxygen atoms in total. The third kappa shape index (κ3) is 4.14. The lowest BCUT2D eigenvalue weighted by Crippen LogP contribution is -2.15. The van der Waals surface area contributed by atoms with E-state index in [0.29, 0.717) is 30.3 Å². The molecule has 0 saturated heterocycles. The van der Waals surface area contributed by atoms with E-state index in [1.54, 1.807) is 48.2 Å². The molecule has 2 aromatic carbocycles. The lowest BCUT2D eigenvalue weighted by molar-refractivity contribution is 0.102. The van der Waals surface area contributed by atoms with Crippen molar-refractivity contribution in [2.75, 3.05) is 25.6 Å². The van der Waals surface area contributed by atoms with Gasteiger partial charge < -0.3 is 14.8 Å². The van der Waals surface area contributed by atoms with Gasteiger partial charge in [0.25, 0.3) is 5.91 Å². The summed E-state index contributed by atoms with van der Waals surface area (Å²) in [5.74, 6) is 0.156. The Labute approximate surface area is 168 Å². The number of fused-ring (bicyclic) bond motifs is 1. The molecule has 29 heavy (non-hydrogen) atoms. The summed E-state index contributed by atoms with van der Waals surface area (Å²) < 4.78 is 25.5. The van der Waals surface area contributed by atoms with Gasteiger partial charge in [-0.05, 0) is 67.8 Å². The van der Waals surface area contributed by atoms with E-state index in [-0.39, 0.29) is 11.7 Å². The van der Waals surface area contributed by atoms with Crippen LogP contribution in [0, 0.1) is 5.82 Å². The van der Waals surface area contributed by atoms with E-state index in [2.05, 4.69) is 10.4 Å². The zero-order valence-corrected chi connectivity index (χ0v) is 16.2. The van der Waals surface area contributed by atoms with Crippen molar-refractivity contribution >= 4 is 11.6 Å². The van der Waals surface area contributed by atoms with Crippen molar-refractivity contribution in [2.24, 2.45) is 0 Å². The van der Waals surface area contributed by atoms with Gasteiger partial charge in [0.1, 0.15) is 18.2 Å². The third-order valence-electron chi connectivity index (χ3n) is 4.88. The van der Waals surface area contributed by atoms with Crippen LogP contribution in [0.25, 0.3) is 5.69 Å². The van der Waals surface area contributed by atoms with E-state index >= 15 is 0 Å². The van der Waals surface area contributed by atoms with Crippen molar-refractivity contribution in [1.29, 1.82) is 0 Å². The van der Waals surface area contributed by atoms with Gasteiger partial charge in [0, 0.05) is 24.1 Å². The Kier molecular flexibility index (Phi) is 5.57. The van der Waals surface area contributed by atoms with Crippen LogP contribution in [-0.4, -0.2) is 36.0 Å². The summed E-state index contributed by atoms with van der Waals surface area (Å²) in [6, 6.07) is 13.3. The Morgan fingerprint density at radius 2 is 1.86 bits per heavy atom. The van der Waals surface area contributed by atoms with Crippen LogP contribution in [0.4, 0.5) is 10.1 Å². The monoisotopic (exact) mass is 395 g/mol. The number of hydrogen-bond donors (Lipinski definition) is 1. The SMILES string of the molecule is COCCOc1ccc(NC(=O)c2nn(-c3ccc(F)cc3)c3c2CCC3)cc1. The number of methoxy groups -OCH3 is 1. The number of nitrogens with zero attached hydrogens (tertiary/aromatic N) is 2. The molecule has 0 fully saturated rings. The van der Waals surface area contributed by atoms with Crippen molar-refractivity contribution < 1.29 is 18.7 Å². The van der Waals surface area contributed by atoms with E-state index in [1.165, 1.54) is 12.1 Å². The first kappa shape index (κ1) is 19.1. The van der Waals surface area contributed by atoms with Crippen LogP contribution in [-0.2, 0) is 17.6 Å². The van der Waals surface area contributed by atoms with E-state index in [9.17, 15) is 9.18 Å². The van der Waals surface area contributed by atoms with Crippen LogP contribution >= 0.6 is 0 Å². The maximum absolute atomic E-state index is 13.3. The normalized spacial score (nSPS) is 12.6. The van der Waals surface area contributed by atoms with Crippen molar-refractivity contribution in [3.05, 3.63) is 71.3 Å². The number of carbonyl (C=O) groups excluding carboxylic acids is 1. The molecule has 0 unspecified atom stereocenters. The average Bonchev–Trinajstić information content (AvgIpc) is 3.33. The zero-order chi connectivity index (χ0) is 20.2. The first-order valence-electron chi connectivity index (χ1n) is 9.55. The zero-order valence-electron chi connectivity index (χ0n) is 16.2. The van der Waals surface area contributed by atoms with Crippen LogP contribution in [0.5, 0.6) is 5.75 Å². The van der Waals surface area contributed by atoms with E-state index < -0.39 is 0 Å². The quantitative estimate of drug-likeness (QED) is 0.619. The predicted molar refractivity (Wildman–Crippen MR) is 107 cm³/mol. The van der Waals surface area contributed by atoms with Gasteiger partial charge >= 0.3 is 0 Å². The minimum absolute atomic E-state index is 0.253. The molecule has 4 rings (SSSR count). The van der Waals surface area contributed by atoms with Crippen molar-refractivity contribution in [3.8, 4) is 11.4 Å². The predicted octanol–water partition coefficient (Wildman–Crippen LogP) is 3.78. The molecule has 0 saturated carbocycles. The first-order valence-corrected chi connectivity index (χ1v) is 9.55. The highest BCUT2D eigenvalue weighted by atomic mass is 19.1. The molecule has 150 valence electrons. The molecular formula is C22H22FN3O3. The van der Waals surface area contributed by atoms with Crippen molar-refractivity contribution in [3.63, 3.8) is 0 Å². The molecule has 7 heteroatoms. The number of hydrogen-bond acceptors (Lipinski definition) is 4. The highest BCUT2D eigenvalue weighted by Gasteiger charge is 2.27. The molecule has 0 aliphatic heterocycles. The highest BCUT2D eigenvalue weighted by Crippen LogP contribution is 2.28. The molecule has 1 heterocycles. The minimum Gasteiger partial charge on any atom is -0.491 e. The largest absolute Gasteiger partial charge is 0.491 e. The van der Waals surface area contributed by atoms with Gasteiger partial charge in [-0.1, -0.05) is 0 Å². The number of carbonyl (C=O) groups is 1. The van der Waals surface area contributed by atoms with Gasteiger partial charge in [0.15, 0.2) is 5.69 Å². The Morgan fingerprint density at radius 1 is 1.10 bits per heavy atom. The summed E-state index contributed by atoms with van der Waals surface area (Å²) >= 11 is 0. The molecule has 1 amide bonds. The van der Waals surface area contributed by atoms with Crippen LogP contribution in [0.15, 0.2) is 48.5 Å². The second-order valence-corrected chi connectivity index (χ2v) is 6.84. The maximum Gasteiger partial charge on any atom is 0.276 e.